The second kappa shape index (κ2) is 11.8. The van der Waals surface area contributed by atoms with Gasteiger partial charge in [0.15, 0.2) is 0 Å². The third-order valence-electron chi connectivity index (χ3n) is 3.73. The number of hydroxylamine groups is 2. The van der Waals surface area contributed by atoms with Gasteiger partial charge in [0.1, 0.15) is 12.6 Å². The van der Waals surface area contributed by atoms with Crippen molar-refractivity contribution < 1.29 is 29.1 Å². The first-order chi connectivity index (χ1) is 11.7. The summed E-state index contributed by atoms with van der Waals surface area (Å²) in [6.45, 7) is 7.70. The minimum Gasteiger partial charge on any atom is -0.462 e. The molecule has 0 aliphatic heterocycles. The molecule has 25 heavy (non-hydrogen) atoms. The molecule has 0 aromatic carbocycles. The van der Waals surface area contributed by atoms with Crippen molar-refractivity contribution in [1.29, 1.82) is 0 Å². The molecule has 0 rings (SSSR count). The van der Waals surface area contributed by atoms with E-state index in [1.54, 1.807) is 0 Å². The van der Waals surface area contributed by atoms with Gasteiger partial charge in [0.05, 0.1) is 19.1 Å². The van der Waals surface area contributed by atoms with Gasteiger partial charge in [0.2, 0.25) is 12.3 Å². The van der Waals surface area contributed by atoms with Crippen LogP contribution < -0.4 is 5.32 Å². The lowest BCUT2D eigenvalue weighted by atomic mass is 9.86. The zero-order chi connectivity index (χ0) is 19.5. The quantitative estimate of drug-likeness (QED) is 0.179. The molecular formula is C17H32N2O6. The van der Waals surface area contributed by atoms with Crippen molar-refractivity contribution in [2.45, 2.75) is 53.0 Å². The van der Waals surface area contributed by atoms with Crippen molar-refractivity contribution in [1.82, 2.24) is 10.4 Å². The zero-order valence-electron chi connectivity index (χ0n) is 15.9. The molecule has 1 unspecified atom stereocenters. The SMILES string of the molecule is CCCCC(CN(O)C=O)C(=O)N[C@H](C(=O)OCCOC)C(C)(C)C. The van der Waals surface area contributed by atoms with E-state index in [-0.39, 0.29) is 26.2 Å². The Morgan fingerprint density at radius 2 is 1.92 bits per heavy atom. The molecule has 2 atom stereocenters. The fraction of sp³-hybridized carbons (Fsp3) is 0.824. The number of nitrogens with one attached hydrogen (secondary N) is 1. The molecule has 0 spiro atoms. The monoisotopic (exact) mass is 360 g/mol. The first-order valence-electron chi connectivity index (χ1n) is 8.54. The molecule has 8 heteroatoms. The molecule has 0 heterocycles. The van der Waals surface area contributed by atoms with Gasteiger partial charge in [-0.2, -0.15) is 0 Å². The van der Waals surface area contributed by atoms with Gasteiger partial charge in [0, 0.05) is 7.11 Å². The van der Waals surface area contributed by atoms with Gasteiger partial charge in [-0.1, -0.05) is 40.5 Å². The summed E-state index contributed by atoms with van der Waals surface area (Å²) in [7, 11) is 1.50. The highest BCUT2D eigenvalue weighted by atomic mass is 16.6. The lowest BCUT2D eigenvalue weighted by molar-refractivity contribution is -0.157. The summed E-state index contributed by atoms with van der Waals surface area (Å²) >= 11 is 0. The number of amides is 2. The summed E-state index contributed by atoms with van der Waals surface area (Å²) in [6.07, 6.45) is 2.40. The van der Waals surface area contributed by atoms with Gasteiger partial charge in [-0.25, -0.2) is 9.86 Å². The Morgan fingerprint density at radius 1 is 1.28 bits per heavy atom. The molecule has 0 saturated carbocycles. The predicted molar refractivity (Wildman–Crippen MR) is 91.8 cm³/mol. The zero-order valence-corrected chi connectivity index (χ0v) is 15.9. The molecular weight excluding hydrogens is 328 g/mol. The first-order valence-corrected chi connectivity index (χ1v) is 8.54. The number of methoxy groups -OCH3 is 1. The Bertz CT molecular complexity index is 422. The second-order valence-corrected chi connectivity index (χ2v) is 7.03. The van der Waals surface area contributed by atoms with Crippen LogP contribution >= 0.6 is 0 Å². The van der Waals surface area contributed by atoms with E-state index in [9.17, 15) is 19.6 Å². The highest BCUT2D eigenvalue weighted by molar-refractivity contribution is 5.86. The van der Waals surface area contributed by atoms with Crippen LogP contribution in [0.4, 0.5) is 0 Å². The van der Waals surface area contributed by atoms with Gasteiger partial charge >= 0.3 is 5.97 Å². The molecule has 0 aromatic heterocycles. The van der Waals surface area contributed by atoms with Crippen molar-refractivity contribution in [2.75, 3.05) is 26.9 Å². The average molecular weight is 360 g/mol. The molecule has 0 aromatic rings. The largest absolute Gasteiger partial charge is 0.462 e. The lowest BCUT2D eigenvalue weighted by Crippen LogP contribution is -2.52. The lowest BCUT2D eigenvalue weighted by Gasteiger charge is -2.31. The number of nitrogens with zero attached hydrogens (tertiary/aromatic N) is 1. The topological polar surface area (TPSA) is 105 Å². The Labute approximate surface area is 149 Å². The van der Waals surface area contributed by atoms with Crippen LogP contribution in [0.2, 0.25) is 0 Å². The van der Waals surface area contributed by atoms with Crippen molar-refractivity contribution in [3.8, 4) is 0 Å². The maximum Gasteiger partial charge on any atom is 0.329 e. The second-order valence-electron chi connectivity index (χ2n) is 7.03. The van der Waals surface area contributed by atoms with Crippen molar-refractivity contribution in [3.05, 3.63) is 0 Å². The van der Waals surface area contributed by atoms with Crippen LogP contribution in [0.25, 0.3) is 0 Å². The normalized spacial score (nSPS) is 13.7. The minimum absolute atomic E-state index is 0.104. The van der Waals surface area contributed by atoms with Gasteiger partial charge in [-0.3, -0.25) is 14.8 Å². The standard InChI is InChI=1S/C17H32N2O6/c1-6-7-8-13(11-19(23)12-20)15(21)18-14(17(2,3)4)16(22)25-10-9-24-5/h12-14,23H,6-11H2,1-5H3,(H,18,21)/t13?,14-/m1/s1. The van der Waals surface area contributed by atoms with E-state index in [2.05, 4.69) is 5.32 Å². The van der Waals surface area contributed by atoms with Crippen molar-refractivity contribution in [2.24, 2.45) is 11.3 Å². The molecule has 0 fully saturated rings. The molecule has 8 nitrogen and oxygen atoms in total. The number of rotatable bonds is 12. The predicted octanol–water partition coefficient (Wildman–Crippen LogP) is 1.36. The molecule has 0 bridgehead atoms. The summed E-state index contributed by atoms with van der Waals surface area (Å²) in [6, 6.07) is -0.843. The van der Waals surface area contributed by atoms with Gasteiger partial charge in [0.25, 0.3) is 0 Å². The third-order valence-corrected chi connectivity index (χ3v) is 3.73. The third kappa shape index (κ3) is 9.40. The fourth-order valence-electron chi connectivity index (χ4n) is 2.22. The number of unbranched alkanes of at least 4 members (excludes halogenated alkanes) is 1. The van der Waals surface area contributed by atoms with Crippen LogP contribution in [0.3, 0.4) is 0 Å². The van der Waals surface area contributed by atoms with Crippen LogP contribution in [-0.2, 0) is 23.9 Å². The molecule has 0 saturated heterocycles. The van der Waals surface area contributed by atoms with Crippen LogP contribution in [0.15, 0.2) is 0 Å². The van der Waals surface area contributed by atoms with E-state index in [0.29, 0.717) is 11.5 Å². The van der Waals surface area contributed by atoms with Crippen LogP contribution in [0.1, 0.15) is 47.0 Å². The molecule has 0 aliphatic rings. The Balaban J connectivity index is 5.04. The molecule has 2 N–H and O–H groups in total. The minimum atomic E-state index is -0.843. The Kier molecular flexibility index (Phi) is 11.0. The number of carbonyl (C=O) groups excluding carboxylic acids is 3. The van der Waals surface area contributed by atoms with Gasteiger partial charge in [-0.05, 0) is 11.8 Å². The van der Waals surface area contributed by atoms with E-state index in [4.69, 9.17) is 9.47 Å². The number of hydrogen-bond acceptors (Lipinski definition) is 6. The number of hydrogen-bond donors (Lipinski definition) is 2. The van der Waals surface area contributed by atoms with Gasteiger partial charge in [-0.15, -0.1) is 0 Å². The van der Waals surface area contributed by atoms with Crippen LogP contribution in [0, 0.1) is 11.3 Å². The van der Waals surface area contributed by atoms with Crippen LogP contribution in [-0.4, -0.2) is 61.5 Å². The Hall–Kier alpha value is -1.67. The highest BCUT2D eigenvalue weighted by Gasteiger charge is 2.35. The summed E-state index contributed by atoms with van der Waals surface area (Å²) in [4.78, 5) is 35.5. The van der Waals surface area contributed by atoms with Crippen molar-refractivity contribution >= 4 is 18.3 Å². The van der Waals surface area contributed by atoms with Crippen LogP contribution in [0.5, 0.6) is 0 Å². The maximum absolute atomic E-state index is 12.6. The molecule has 2 amide bonds. The Morgan fingerprint density at radius 3 is 2.40 bits per heavy atom. The maximum atomic E-state index is 12.6. The summed E-state index contributed by atoms with van der Waals surface area (Å²) < 4.78 is 9.99. The van der Waals surface area contributed by atoms with E-state index < -0.39 is 29.3 Å². The molecule has 0 radical (unpaired) electrons. The number of esters is 1. The smallest absolute Gasteiger partial charge is 0.329 e. The van der Waals surface area contributed by atoms with Gasteiger partial charge < -0.3 is 14.8 Å². The average Bonchev–Trinajstić information content (AvgIpc) is 2.54. The fourth-order valence-corrected chi connectivity index (χ4v) is 2.22. The van der Waals surface area contributed by atoms with E-state index in [1.807, 2.05) is 27.7 Å². The number of carbonyl (C=O) groups is 3. The first kappa shape index (κ1) is 23.3. The van der Waals surface area contributed by atoms with E-state index in [1.165, 1.54) is 7.11 Å². The van der Waals surface area contributed by atoms with E-state index in [0.717, 1.165) is 12.8 Å². The number of ether oxygens (including phenoxy) is 2. The summed E-state index contributed by atoms with van der Waals surface area (Å²) in [5.41, 5.74) is -0.557. The summed E-state index contributed by atoms with van der Waals surface area (Å²) in [5, 5.41) is 12.6. The van der Waals surface area contributed by atoms with Crippen molar-refractivity contribution in [3.63, 3.8) is 0 Å². The molecule has 0 aliphatic carbocycles. The van der Waals surface area contributed by atoms with E-state index >= 15 is 0 Å². The summed E-state index contributed by atoms with van der Waals surface area (Å²) in [5.74, 6) is -1.53. The highest BCUT2D eigenvalue weighted by Crippen LogP contribution is 2.21. The molecule has 146 valence electrons.